The molecule has 0 unspecified atom stereocenters. The molecule has 4 heteroatoms. The van der Waals surface area contributed by atoms with Gasteiger partial charge in [-0.2, -0.15) is 0 Å². The molecule has 3 rings (SSSR count). The second kappa shape index (κ2) is 5.01. The number of hydrogen-bond donors (Lipinski definition) is 1. The summed E-state index contributed by atoms with van der Waals surface area (Å²) in [6.07, 6.45) is 0.517. The van der Waals surface area contributed by atoms with Crippen molar-refractivity contribution in [1.29, 1.82) is 0 Å². The van der Waals surface area contributed by atoms with E-state index >= 15 is 0 Å². The first-order chi connectivity index (χ1) is 9.79. The van der Waals surface area contributed by atoms with Gasteiger partial charge in [0.25, 0.3) is 0 Å². The normalized spacial score (nSPS) is 10.4. The minimum atomic E-state index is -0.333. The van der Waals surface area contributed by atoms with Crippen LogP contribution in [0.1, 0.15) is 10.4 Å². The summed E-state index contributed by atoms with van der Waals surface area (Å²) in [7, 11) is 0. The third-order valence-corrected chi connectivity index (χ3v) is 2.98. The molecule has 0 bridgehead atoms. The molecule has 0 atom stereocenters. The highest BCUT2D eigenvalue weighted by Crippen LogP contribution is 2.22. The van der Waals surface area contributed by atoms with Crippen molar-refractivity contribution in [2.45, 2.75) is 0 Å². The van der Waals surface area contributed by atoms with E-state index in [1.165, 1.54) is 0 Å². The fourth-order valence-corrected chi connectivity index (χ4v) is 2.01. The Labute approximate surface area is 114 Å². The molecule has 0 amide bonds. The van der Waals surface area contributed by atoms with Crippen LogP contribution in [-0.2, 0) is 0 Å². The number of nitrogens with one attached hydrogen (secondary N) is 1. The van der Waals surface area contributed by atoms with Gasteiger partial charge in [0.15, 0.2) is 6.29 Å². The molecule has 0 spiro atoms. The van der Waals surface area contributed by atoms with Gasteiger partial charge in [-0.15, -0.1) is 0 Å². The number of anilines is 2. The van der Waals surface area contributed by atoms with Crippen LogP contribution < -0.4 is 10.7 Å². The maximum atomic E-state index is 12.2. The Morgan fingerprint density at radius 1 is 0.950 bits per heavy atom. The van der Waals surface area contributed by atoms with Crippen molar-refractivity contribution in [1.82, 2.24) is 0 Å². The zero-order valence-corrected chi connectivity index (χ0v) is 10.5. The van der Waals surface area contributed by atoms with Crippen LogP contribution in [0.4, 0.5) is 11.6 Å². The number of fused-ring (bicyclic) bond motifs is 1. The van der Waals surface area contributed by atoms with Crippen molar-refractivity contribution >= 4 is 28.8 Å². The van der Waals surface area contributed by atoms with Crippen molar-refractivity contribution in [3.8, 4) is 0 Å². The molecule has 1 aromatic heterocycles. The number of carbonyl (C=O) groups is 1. The summed E-state index contributed by atoms with van der Waals surface area (Å²) in [5.74, 6) is 0.162. The summed E-state index contributed by atoms with van der Waals surface area (Å²) in [6, 6.07) is 16.1. The first-order valence-corrected chi connectivity index (χ1v) is 6.12. The minimum absolute atomic E-state index is 0.00690. The van der Waals surface area contributed by atoms with Crippen molar-refractivity contribution in [2.24, 2.45) is 0 Å². The van der Waals surface area contributed by atoms with Crippen LogP contribution >= 0.6 is 0 Å². The number of rotatable bonds is 3. The predicted octanol–water partition coefficient (Wildman–Crippen LogP) is 3.35. The number of aldehydes is 1. The molecule has 1 heterocycles. The molecule has 1 N–H and O–H groups in total. The molecule has 0 aliphatic rings. The first kappa shape index (κ1) is 12.2. The standard InChI is InChI=1S/C16H11NO3/c18-10-13-15(19)12-8-4-5-9-14(12)20-16(13)17-11-6-2-1-3-7-11/h1-10,17H. The number of carbonyl (C=O) groups excluding carboxylic acids is 1. The number of hydrogen-bond acceptors (Lipinski definition) is 4. The minimum Gasteiger partial charge on any atom is -0.439 e. The molecule has 2 aromatic carbocycles. The lowest BCUT2D eigenvalue weighted by atomic mass is 10.1. The average molecular weight is 265 g/mol. The molecule has 0 aliphatic heterocycles. The quantitative estimate of drug-likeness (QED) is 0.738. The molecule has 3 aromatic rings. The third kappa shape index (κ3) is 2.07. The van der Waals surface area contributed by atoms with Gasteiger partial charge in [0.05, 0.1) is 5.39 Å². The van der Waals surface area contributed by atoms with Crippen molar-refractivity contribution in [3.63, 3.8) is 0 Å². The topological polar surface area (TPSA) is 59.3 Å². The molecular weight excluding hydrogens is 254 g/mol. The number of para-hydroxylation sites is 2. The van der Waals surface area contributed by atoms with Crippen molar-refractivity contribution < 1.29 is 9.21 Å². The Balaban J connectivity index is 2.19. The van der Waals surface area contributed by atoms with Gasteiger partial charge in [-0.3, -0.25) is 9.59 Å². The Hall–Kier alpha value is -2.88. The van der Waals surface area contributed by atoms with E-state index < -0.39 is 0 Å². The highest BCUT2D eigenvalue weighted by molar-refractivity contribution is 5.90. The molecule has 0 saturated carbocycles. The van der Waals surface area contributed by atoms with Crippen LogP contribution in [0.25, 0.3) is 11.0 Å². The molecule has 0 fully saturated rings. The van der Waals surface area contributed by atoms with Crippen LogP contribution in [0.5, 0.6) is 0 Å². The first-order valence-electron chi connectivity index (χ1n) is 6.12. The van der Waals surface area contributed by atoms with E-state index in [1.807, 2.05) is 30.3 Å². The molecule has 20 heavy (non-hydrogen) atoms. The summed E-state index contributed by atoms with van der Waals surface area (Å²) in [5.41, 5.74) is 0.850. The molecule has 0 aliphatic carbocycles. The summed E-state index contributed by atoms with van der Waals surface area (Å²) < 4.78 is 5.63. The van der Waals surface area contributed by atoms with E-state index in [-0.39, 0.29) is 16.9 Å². The van der Waals surface area contributed by atoms with Gasteiger partial charge in [-0.1, -0.05) is 30.3 Å². The van der Waals surface area contributed by atoms with Crippen LogP contribution in [-0.4, -0.2) is 6.29 Å². The fourth-order valence-electron chi connectivity index (χ4n) is 2.01. The van der Waals surface area contributed by atoms with E-state index in [4.69, 9.17) is 4.42 Å². The lowest BCUT2D eigenvalue weighted by Crippen LogP contribution is -2.11. The highest BCUT2D eigenvalue weighted by Gasteiger charge is 2.13. The predicted molar refractivity (Wildman–Crippen MR) is 77.6 cm³/mol. The molecule has 4 nitrogen and oxygen atoms in total. The van der Waals surface area contributed by atoms with Gasteiger partial charge in [-0.25, -0.2) is 0 Å². The molecule has 0 radical (unpaired) electrons. The van der Waals surface area contributed by atoms with Gasteiger partial charge < -0.3 is 9.73 Å². The monoisotopic (exact) mass is 265 g/mol. The Morgan fingerprint density at radius 3 is 2.40 bits per heavy atom. The SMILES string of the molecule is O=Cc1c(Nc2ccccc2)oc2ccccc2c1=O. The van der Waals surface area contributed by atoms with Crippen LogP contribution in [0.2, 0.25) is 0 Å². The molecule has 0 saturated heterocycles. The van der Waals surface area contributed by atoms with E-state index in [0.717, 1.165) is 5.69 Å². The van der Waals surface area contributed by atoms with Gasteiger partial charge in [0.1, 0.15) is 11.1 Å². The number of benzene rings is 2. The van der Waals surface area contributed by atoms with E-state index in [9.17, 15) is 9.59 Å². The zero-order valence-electron chi connectivity index (χ0n) is 10.5. The summed E-state index contributed by atoms with van der Waals surface area (Å²) >= 11 is 0. The maximum absolute atomic E-state index is 12.2. The second-order valence-electron chi connectivity index (χ2n) is 4.28. The van der Waals surface area contributed by atoms with E-state index in [0.29, 0.717) is 17.3 Å². The summed E-state index contributed by atoms with van der Waals surface area (Å²) in [5, 5.41) is 3.35. The van der Waals surface area contributed by atoms with Gasteiger partial charge in [0, 0.05) is 5.69 Å². The largest absolute Gasteiger partial charge is 0.439 e. The lowest BCUT2D eigenvalue weighted by molar-refractivity contribution is 0.112. The van der Waals surface area contributed by atoms with Crippen molar-refractivity contribution in [3.05, 3.63) is 70.4 Å². The van der Waals surface area contributed by atoms with Gasteiger partial charge >= 0.3 is 0 Å². The molecule has 98 valence electrons. The Bertz CT molecular complexity index is 822. The van der Waals surface area contributed by atoms with Gasteiger partial charge in [-0.05, 0) is 24.3 Å². The average Bonchev–Trinajstić information content (AvgIpc) is 2.49. The fraction of sp³-hybridized carbons (Fsp3) is 0. The van der Waals surface area contributed by atoms with Crippen LogP contribution in [0.3, 0.4) is 0 Å². The zero-order chi connectivity index (χ0) is 13.9. The summed E-state index contributed by atoms with van der Waals surface area (Å²) in [6.45, 7) is 0. The van der Waals surface area contributed by atoms with Crippen LogP contribution in [0, 0.1) is 0 Å². The van der Waals surface area contributed by atoms with Crippen molar-refractivity contribution in [2.75, 3.05) is 5.32 Å². The van der Waals surface area contributed by atoms with E-state index in [1.54, 1.807) is 24.3 Å². The highest BCUT2D eigenvalue weighted by atomic mass is 16.3. The second-order valence-corrected chi connectivity index (χ2v) is 4.28. The smallest absolute Gasteiger partial charge is 0.212 e. The van der Waals surface area contributed by atoms with Crippen LogP contribution in [0.15, 0.2) is 63.8 Å². The molecular formula is C16H11NO3. The Morgan fingerprint density at radius 2 is 1.65 bits per heavy atom. The summed E-state index contributed by atoms with van der Waals surface area (Å²) in [4.78, 5) is 23.4. The van der Waals surface area contributed by atoms with Gasteiger partial charge in [0.2, 0.25) is 11.3 Å². The third-order valence-electron chi connectivity index (χ3n) is 2.98. The van der Waals surface area contributed by atoms with E-state index in [2.05, 4.69) is 5.32 Å². The maximum Gasteiger partial charge on any atom is 0.212 e. The lowest BCUT2D eigenvalue weighted by Gasteiger charge is -2.08. The Kier molecular flexibility index (Phi) is 3.05.